The molecule has 1 aromatic heterocycles. The van der Waals surface area contributed by atoms with Gasteiger partial charge in [0.25, 0.3) is 0 Å². The second kappa shape index (κ2) is 8.78. The molecule has 2 fully saturated rings. The fraction of sp³-hybridized carbons (Fsp3) is 0.692. The molecule has 0 radical (unpaired) electrons. The minimum Gasteiger partial charge on any atom is -0.352 e. The SMILES string of the molecule is C1CCC1.OPOC1CN(c2nccc(CCS)n2)C1. The molecule has 0 amide bonds. The van der Waals surface area contributed by atoms with Crippen LogP contribution >= 0.6 is 21.7 Å². The molecule has 1 saturated carbocycles. The summed E-state index contributed by atoms with van der Waals surface area (Å²) in [6.45, 7) is 1.50. The molecule has 1 aliphatic carbocycles. The van der Waals surface area contributed by atoms with Gasteiger partial charge in [0.15, 0.2) is 9.03 Å². The molecule has 2 aliphatic rings. The first-order chi connectivity index (χ1) is 9.83. The summed E-state index contributed by atoms with van der Waals surface area (Å²) in [5.41, 5.74) is 1.01. The Bertz CT molecular complexity index is 397. The molecule has 112 valence electrons. The molecular weight excluding hydrogens is 293 g/mol. The highest BCUT2D eigenvalue weighted by Crippen LogP contribution is 2.22. The van der Waals surface area contributed by atoms with Crippen LogP contribution in [0.2, 0.25) is 0 Å². The average Bonchev–Trinajstić information content (AvgIpc) is 2.32. The second-order valence-electron chi connectivity index (χ2n) is 4.97. The number of thiol groups is 1. The number of anilines is 1. The molecule has 1 unspecified atom stereocenters. The lowest BCUT2D eigenvalue weighted by Crippen LogP contribution is -2.52. The van der Waals surface area contributed by atoms with Gasteiger partial charge in [-0.1, -0.05) is 25.7 Å². The molecular formula is C13H22N3O2PS. The van der Waals surface area contributed by atoms with Crippen molar-refractivity contribution in [2.75, 3.05) is 23.7 Å². The van der Waals surface area contributed by atoms with Crippen molar-refractivity contribution in [3.63, 3.8) is 0 Å². The summed E-state index contributed by atoms with van der Waals surface area (Å²) in [5, 5.41) is 0. The smallest absolute Gasteiger partial charge is 0.225 e. The van der Waals surface area contributed by atoms with Crippen molar-refractivity contribution in [1.82, 2.24) is 9.97 Å². The number of rotatable bonds is 5. The van der Waals surface area contributed by atoms with Gasteiger partial charge < -0.3 is 14.3 Å². The van der Waals surface area contributed by atoms with Gasteiger partial charge in [-0.15, -0.1) is 0 Å². The van der Waals surface area contributed by atoms with Crippen molar-refractivity contribution < 1.29 is 9.42 Å². The third-order valence-corrected chi connectivity index (χ3v) is 4.08. The van der Waals surface area contributed by atoms with Crippen LogP contribution in [0.4, 0.5) is 5.95 Å². The zero-order chi connectivity index (χ0) is 14.2. The van der Waals surface area contributed by atoms with Gasteiger partial charge in [0.1, 0.15) is 0 Å². The van der Waals surface area contributed by atoms with Crippen LogP contribution in [0.3, 0.4) is 0 Å². The van der Waals surface area contributed by atoms with Gasteiger partial charge in [-0.3, -0.25) is 0 Å². The molecule has 7 heteroatoms. The molecule has 2 heterocycles. The quantitative estimate of drug-likeness (QED) is 0.644. The van der Waals surface area contributed by atoms with Gasteiger partial charge in [-0.2, -0.15) is 12.6 Å². The first-order valence-corrected chi connectivity index (χ1v) is 8.54. The molecule has 1 aromatic rings. The first-order valence-electron chi connectivity index (χ1n) is 7.06. The highest BCUT2D eigenvalue weighted by molar-refractivity contribution is 7.80. The number of hydrogen-bond acceptors (Lipinski definition) is 6. The Hall–Kier alpha value is -0.420. The molecule has 0 aromatic carbocycles. The van der Waals surface area contributed by atoms with E-state index in [-0.39, 0.29) is 6.10 Å². The molecule has 5 nitrogen and oxygen atoms in total. The lowest BCUT2D eigenvalue weighted by molar-refractivity contribution is 0.176. The van der Waals surface area contributed by atoms with E-state index in [0.717, 1.165) is 36.9 Å². The molecule has 20 heavy (non-hydrogen) atoms. The summed E-state index contributed by atoms with van der Waals surface area (Å²) in [6, 6.07) is 1.91. The third-order valence-electron chi connectivity index (χ3n) is 3.42. The van der Waals surface area contributed by atoms with Gasteiger partial charge in [-0.25, -0.2) is 9.97 Å². The van der Waals surface area contributed by atoms with E-state index in [1.807, 2.05) is 11.0 Å². The normalized spacial score (nSPS) is 18.4. The van der Waals surface area contributed by atoms with Crippen LogP contribution in [0.5, 0.6) is 0 Å². The van der Waals surface area contributed by atoms with Crippen molar-refractivity contribution in [2.24, 2.45) is 0 Å². The number of hydrogen-bond donors (Lipinski definition) is 2. The summed E-state index contributed by atoms with van der Waals surface area (Å²) in [5.74, 6) is 1.52. The predicted octanol–water partition coefficient (Wildman–Crippen LogP) is 2.22. The van der Waals surface area contributed by atoms with Crippen molar-refractivity contribution in [3.05, 3.63) is 18.0 Å². The fourth-order valence-electron chi connectivity index (χ4n) is 1.79. The van der Waals surface area contributed by atoms with E-state index in [9.17, 15) is 0 Å². The van der Waals surface area contributed by atoms with Gasteiger partial charge in [0.05, 0.1) is 6.10 Å². The van der Waals surface area contributed by atoms with E-state index in [1.165, 1.54) is 25.7 Å². The molecule has 0 spiro atoms. The molecule has 0 bridgehead atoms. The number of aryl methyl sites for hydroxylation is 1. The van der Waals surface area contributed by atoms with Crippen LogP contribution in [0.1, 0.15) is 31.4 Å². The van der Waals surface area contributed by atoms with E-state index in [4.69, 9.17) is 9.42 Å². The van der Waals surface area contributed by atoms with Crippen LogP contribution in [0, 0.1) is 0 Å². The predicted molar refractivity (Wildman–Crippen MR) is 85.7 cm³/mol. The van der Waals surface area contributed by atoms with Gasteiger partial charge in [0, 0.05) is 25.0 Å². The average molecular weight is 315 g/mol. The summed E-state index contributed by atoms with van der Waals surface area (Å²) in [6.07, 6.45) is 8.73. The summed E-state index contributed by atoms with van der Waals surface area (Å²) >= 11 is 4.18. The molecule has 3 rings (SSSR count). The first kappa shape index (κ1) is 16.0. The Kier molecular flexibility index (Phi) is 7.00. The Labute approximate surface area is 127 Å². The van der Waals surface area contributed by atoms with Crippen LogP contribution in [0.25, 0.3) is 0 Å². The topological polar surface area (TPSA) is 58.5 Å². The minimum atomic E-state index is -0.436. The Morgan fingerprint density at radius 1 is 1.35 bits per heavy atom. The number of nitrogens with zero attached hydrogens (tertiary/aromatic N) is 3. The Morgan fingerprint density at radius 2 is 2.05 bits per heavy atom. The van der Waals surface area contributed by atoms with Crippen LogP contribution < -0.4 is 4.90 Å². The van der Waals surface area contributed by atoms with Gasteiger partial charge in [-0.05, 0) is 18.2 Å². The highest BCUT2D eigenvalue weighted by atomic mass is 32.1. The molecule has 1 N–H and O–H groups in total. The van der Waals surface area contributed by atoms with Crippen LogP contribution in [-0.4, -0.2) is 39.8 Å². The van der Waals surface area contributed by atoms with Gasteiger partial charge in [0.2, 0.25) is 5.95 Å². The van der Waals surface area contributed by atoms with E-state index in [0.29, 0.717) is 0 Å². The largest absolute Gasteiger partial charge is 0.352 e. The van der Waals surface area contributed by atoms with E-state index in [1.54, 1.807) is 6.20 Å². The zero-order valence-electron chi connectivity index (χ0n) is 11.5. The highest BCUT2D eigenvalue weighted by Gasteiger charge is 2.29. The maximum atomic E-state index is 8.62. The summed E-state index contributed by atoms with van der Waals surface area (Å²) in [4.78, 5) is 19.3. The van der Waals surface area contributed by atoms with E-state index >= 15 is 0 Å². The van der Waals surface area contributed by atoms with Crippen molar-refractivity contribution in [2.45, 2.75) is 38.2 Å². The maximum absolute atomic E-state index is 8.62. The van der Waals surface area contributed by atoms with Crippen LogP contribution in [-0.2, 0) is 10.9 Å². The molecule has 1 aliphatic heterocycles. The second-order valence-corrected chi connectivity index (χ2v) is 5.84. The van der Waals surface area contributed by atoms with E-state index < -0.39 is 9.03 Å². The summed E-state index contributed by atoms with van der Waals surface area (Å²) < 4.78 is 5.08. The van der Waals surface area contributed by atoms with Crippen molar-refractivity contribution in [3.8, 4) is 0 Å². The third kappa shape index (κ3) is 4.85. The van der Waals surface area contributed by atoms with E-state index in [2.05, 4.69) is 22.6 Å². The van der Waals surface area contributed by atoms with Crippen LogP contribution in [0.15, 0.2) is 12.3 Å². The zero-order valence-corrected chi connectivity index (χ0v) is 13.4. The Balaban J connectivity index is 0.000000315. The lowest BCUT2D eigenvalue weighted by atomic mass is 10.0. The monoisotopic (exact) mass is 315 g/mol. The molecule has 1 saturated heterocycles. The maximum Gasteiger partial charge on any atom is 0.225 e. The minimum absolute atomic E-state index is 0.112. The fourth-order valence-corrected chi connectivity index (χ4v) is 2.32. The lowest BCUT2D eigenvalue weighted by Gasteiger charge is -2.38. The van der Waals surface area contributed by atoms with Gasteiger partial charge >= 0.3 is 0 Å². The van der Waals surface area contributed by atoms with Crippen molar-refractivity contribution >= 4 is 27.6 Å². The van der Waals surface area contributed by atoms with Crippen molar-refractivity contribution in [1.29, 1.82) is 0 Å². The molecule has 1 atom stereocenters. The number of aromatic nitrogens is 2. The Morgan fingerprint density at radius 3 is 2.60 bits per heavy atom. The summed E-state index contributed by atoms with van der Waals surface area (Å²) in [7, 11) is -0.436. The standard InChI is InChI=1S/C9H14N3O2PS.C4H8/c13-15-14-8-5-12(6-8)9-10-3-1-7(11-9)2-4-16;1-2-4-3-1/h1,3,8,13,15-16H,2,4-6H2;1-4H2.